The summed E-state index contributed by atoms with van der Waals surface area (Å²) in [4.78, 5) is 4.91. The van der Waals surface area contributed by atoms with Crippen LogP contribution in [-0.2, 0) is 12.8 Å². The van der Waals surface area contributed by atoms with Gasteiger partial charge >= 0.3 is 0 Å². The number of hydrogen-bond donors (Lipinski definition) is 0. The molecule has 0 aliphatic heterocycles. The van der Waals surface area contributed by atoms with Gasteiger partial charge in [0.05, 0.1) is 5.69 Å². The average Bonchev–Trinajstić information content (AvgIpc) is 2.59. The van der Waals surface area contributed by atoms with Crippen molar-refractivity contribution in [2.24, 2.45) is 5.92 Å². The smallest absolute Gasteiger partial charge is 0.0710 e. The van der Waals surface area contributed by atoms with Gasteiger partial charge in [-0.3, -0.25) is 4.98 Å². The van der Waals surface area contributed by atoms with Crippen molar-refractivity contribution in [3.05, 3.63) is 52.7 Å². The second-order valence-corrected chi connectivity index (χ2v) is 7.22. The predicted molar refractivity (Wildman–Crippen MR) is 106 cm³/mol. The van der Waals surface area contributed by atoms with Crippen LogP contribution < -0.4 is 0 Å². The van der Waals surface area contributed by atoms with Gasteiger partial charge in [0.1, 0.15) is 0 Å². The van der Waals surface area contributed by atoms with Crippen molar-refractivity contribution in [2.75, 3.05) is 0 Å². The highest BCUT2D eigenvalue weighted by Gasteiger charge is 2.19. The van der Waals surface area contributed by atoms with Crippen molar-refractivity contribution in [1.29, 1.82) is 0 Å². The van der Waals surface area contributed by atoms with Gasteiger partial charge in [-0.1, -0.05) is 59.2 Å². The first kappa shape index (κ1) is 18.7. The van der Waals surface area contributed by atoms with Crippen LogP contribution in [-0.4, -0.2) is 4.98 Å². The Balaban J connectivity index is 2.51. The number of aryl methyl sites for hydroxylation is 3. The minimum Gasteiger partial charge on any atom is -0.256 e. The standard InChI is InChI=1S/C23H33N/c1-7-11-20(16(4)5)21-15-24-22(14-17(21)6)23-18(8-2)12-10-13-19(23)9-3/h10,12-16,20H,7-9,11H2,1-6H3. The van der Waals surface area contributed by atoms with Crippen LogP contribution in [0.25, 0.3) is 11.3 Å². The molecule has 1 nitrogen and oxygen atoms in total. The molecular weight excluding hydrogens is 290 g/mol. The van der Waals surface area contributed by atoms with Crippen molar-refractivity contribution in [1.82, 2.24) is 4.98 Å². The van der Waals surface area contributed by atoms with E-state index >= 15 is 0 Å². The summed E-state index contributed by atoms with van der Waals surface area (Å²) in [6.07, 6.45) is 6.72. The summed E-state index contributed by atoms with van der Waals surface area (Å²) in [5.74, 6) is 1.27. The summed E-state index contributed by atoms with van der Waals surface area (Å²) in [6.45, 7) is 13.7. The SMILES string of the molecule is CCCC(c1cnc(-c2c(CC)cccc2CC)cc1C)C(C)C. The number of benzene rings is 1. The lowest BCUT2D eigenvalue weighted by Gasteiger charge is -2.23. The zero-order valence-corrected chi connectivity index (χ0v) is 16.3. The van der Waals surface area contributed by atoms with Crippen LogP contribution in [0.3, 0.4) is 0 Å². The third-order valence-corrected chi connectivity index (χ3v) is 5.21. The molecule has 1 unspecified atom stereocenters. The van der Waals surface area contributed by atoms with Crippen molar-refractivity contribution in [3.63, 3.8) is 0 Å². The lowest BCUT2D eigenvalue weighted by molar-refractivity contribution is 0.461. The molecule has 130 valence electrons. The van der Waals surface area contributed by atoms with Gasteiger partial charge in [-0.05, 0) is 66.3 Å². The molecular formula is C23H33N. The Morgan fingerprint density at radius 1 is 1.00 bits per heavy atom. The first-order chi connectivity index (χ1) is 11.5. The summed E-state index contributed by atoms with van der Waals surface area (Å²) in [5, 5.41) is 0. The number of pyridine rings is 1. The van der Waals surface area contributed by atoms with Gasteiger partial charge in [0.2, 0.25) is 0 Å². The minimum atomic E-state index is 0.614. The molecule has 1 aromatic carbocycles. The maximum atomic E-state index is 4.91. The summed E-state index contributed by atoms with van der Waals surface area (Å²) in [6, 6.07) is 8.98. The monoisotopic (exact) mass is 323 g/mol. The van der Waals surface area contributed by atoms with E-state index in [1.165, 1.54) is 40.7 Å². The molecule has 0 N–H and O–H groups in total. The van der Waals surface area contributed by atoms with Gasteiger partial charge < -0.3 is 0 Å². The molecule has 0 aliphatic carbocycles. The van der Waals surface area contributed by atoms with Crippen LogP contribution in [0.1, 0.15) is 75.6 Å². The molecule has 0 saturated heterocycles. The number of aromatic nitrogens is 1. The topological polar surface area (TPSA) is 12.9 Å². The summed E-state index contributed by atoms with van der Waals surface area (Å²) in [5.41, 5.74) is 8.13. The zero-order valence-electron chi connectivity index (χ0n) is 16.3. The summed E-state index contributed by atoms with van der Waals surface area (Å²) < 4.78 is 0. The van der Waals surface area contributed by atoms with Gasteiger partial charge in [0.25, 0.3) is 0 Å². The first-order valence-corrected chi connectivity index (χ1v) is 9.61. The van der Waals surface area contributed by atoms with Crippen LogP contribution in [0, 0.1) is 12.8 Å². The van der Waals surface area contributed by atoms with Crippen LogP contribution in [0.15, 0.2) is 30.5 Å². The molecule has 0 fully saturated rings. The lowest BCUT2D eigenvalue weighted by atomic mass is 9.83. The maximum Gasteiger partial charge on any atom is 0.0710 e. The number of nitrogens with zero attached hydrogens (tertiary/aromatic N) is 1. The molecule has 1 aromatic heterocycles. The van der Waals surface area contributed by atoms with Gasteiger partial charge in [0.15, 0.2) is 0 Å². The molecule has 2 rings (SSSR count). The van der Waals surface area contributed by atoms with Crippen LogP contribution in [0.4, 0.5) is 0 Å². The highest BCUT2D eigenvalue weighted by molar-refractivity contribution is 5.69. The highest BCUT2D eigenvalue weighted by Crippen LogP contribution is 2.34. The van der Waals surface area contributed by atoms with E-state index in [4.69, 9.17) is 4.98 Å². The fraction of sp³-hybridized carbons (Fsp3) is 0.522. The van der Waals surface area contributed by atoms with E-state index in [1.54, 1.807) is 0 Å². The molecule has 1 heteroatoms. The second kappa shape index (κ2) is 8.46. The van der Waals surface area contributed by atoms with E-state index in [1.807, 2.05) is 0 Å². The van der Waals surface area contributed by atoms with E-state index in [9.17, 15) is 0 Å². The molecule has 0 bridgehead atoms. The molecule has 0 spiro atoms. The van der Waals surface area contributed by atoms with Gasteiger partial charge in [0, 0.05) is 11.8 Å². The summed E-state index contributed by atoms with van der Waals surface area (Å²) >= 11 is 0. The molecule has 0 amide bonds. The molecule has 1 heterocycles. The Bertz CT molecular complexity index is 647. The molecule has 24 heavy (non-hydrogen) atoms. The lowest BCUT2D eigenvalue weighted by Crippen LogP contribution is -2.09. The Morgan fingerprint density at radius 3 is 2.08 bits per heavy atom. The van der Waals surface area contributed by atoms with E-state index in [0.717, 1.165) is 18.5 Å². The van der Waals surface area contributed by atoms with Crippen LogP contribution in [0.2, 0.25) is 0 Å². The maximum absolute atomic E-state index is 4.91. The summed E-state index contributed by atoms with van der Waals surface area (Å²) in [7, 11) is 0. The predicted octanol–water partition coefficient (Wildman–Crippen LogP) is 6.72. The van der Waals surface area contributed by atoms with Gasteiger partial charge in [-0.25, -0.2) is 0 Å². The normalized spacial score (nSPS) is 12.6. The molecule has 0 radical (unpaired) electrons. The Kier molecular flexibility index (Phi) is 6.60. The van der Waals surface area contributed by atoms with Crippen molar-refractivity contribution in [3.8, 4) is 11.3 Å². The highest BCUT2D eigenvalue weighted by atomic mass is 14.7. The van der Waals surface area contributed by atoms with Crippen molar-refractivity contribution < 1.29 is 0 Å². The van der Waals surface area contributed by atoms with E-state index < -0.39 is 0 Å². The Hall–Kier alpha value is -1.63. The molecule has 0 aliphatic rings. The quantitative estimate of drug-likeness (QED) is 0.551. The minimum absolute atomic E-state index is 0.614. The number of hydrogen-bond acceptors (Lipinski definition) is 1. The zero-order chi connectivity index (χ0) is 17.7. The molecule has 1 atom stereocenters. The van der Waals surface area contributed by atoms with E-state index in [0.29, 0.717) is 11.8 Å². The Labute approximate surface area is 148 Å². The molecule has 0 saturated carbocycles. The van der Waals surface area contributed by atoms with E-state index in [-0.39, 0.29) is 0 Å². The Morgan fingerprint density at radius 2 is 1.62 bits per heavy atom. The van der Waals surface area contributed by atoms with E-state index in [2.05, 4.69) is 72.0 Å². The fourth-order valence-corrected chi connectivity index (χ4v) is 3.82. The largest absolute Gasteiger partial charge is 0.256 e. The molecule has 2 aromatic rings. The van der Waals surface area contributed by atoms with Gasteiger partial charge in [-0.15, -0.1) is 0 Å². The fourth-order valence-electron chi connectivity index (χ4n) is 3.82. The first-order valence-electron chi connectivity index (χ1n) is 9.61. The van der Waals surface area contributed by atoms with Crippen molar-refractivity contribution in [2.45, 2.75) is 73.1 Å². The van der Waals surface area contributed by atoms with Crippen LogP contribution in [0.5, 0.6) is 0 Å². The second-order valence-electron chi connectivity index (χ2n) is 7.22. The van der Waals surface area contributed by atoms with Crippen molar-refractivity contribution >= 4 is 0 Å². The third kappa shape index (κ3) is 3.88. The average molecular weight is 324 g/mol. The third-order valence-electron chi connectivity index (χ3n) is 5.21. The van der Waals surface area contributed by atoms with Gasteiger partial charge in [-0.2, -0.15) is 0 Å². The van der Waals surface area contributed by atoms with Crippen LogP contribution >= 0.6 is 0 Å². The number of rotatable bonds is 7.